The molecule has 0 saturated heterocycles. The third-order valence-electron chi connectivity index (χ3n) is 1.57. The number of nitrogens with zero attached hydrogens (tertiary/aromatic N) is 3. The molecule has 1 rings (SSSR count). The average Bonchev–Trinajstić information content (AvgIpc) is 2.33. The summed E-state index contributed by atoms with van der Waals surface area (Å²) in [5, 5.41) is 3.96. The molecule has 0 bridgehead atoms. The van der Waals surface area contributed by atoms with Crippen molar-refractivity contribution in [2.45, 2.75) is 20.4 Å². The molecule has 0 N–H and O–H groups in total. The van der Waals surface area contributed by atoms with Crippen molar-refractivity contribution in [1.82, 2.24) is 14.3 Å². The van der Waals surface area contributed by atoms with Gasteiger partial charge in [0.25, 0.3) is 0 Å². The van der Waals surface area contributed by atoms with Crippen LogP contribution in [0.3, 0.4) is 0 Å². The van der Waals surface area contributed by atoms with E-state index in [4.69, 9.17) is 4.74 Å². The summed E-state index contributed by atoms with van der Waals surface area (Å²) in [6.07, 6.45) is 0. The van der Waals surface area contributed by atoms with Crippen LogP contribution in [-0.2, 0) is 13.6 Å². The highest BCUT2D eigenvalue weighted by molar-refractivity contribution is 4.92. The van der Waals surface area contributed by atoms with Crippen LogP contribution in [0.15, 0.2) is 4.79 Å². The molecule has 12 heavy (non-hydrogen) atoms. The van der Waals surface area contributed by atoms with Gasteiger partial charge in [-0.3, -0.25) is 0 Å². The van der Waals surface area contributed by atoms with Crippen molar-refractivity contribution in [3.05, 3.63) is 10.5 Å². The first kappa shape index (κ1) is 8.83. The highest BCUT2D eigenvalue weighted by atomic mass is 16.5. The van der Waals surface area contributed by atoms with E-state index in [1.54, 1.807) is 7.05 Å². The number of aromatic nitrogens is 3. The summed E-state index contributed by atoms with van der Waals surface area (Å²) in [4.78, 5) is 11.3. The molecule has 0 aliphatic heterocycles. The maximum Gasteiger partial charge on any atom is 0.348 e. The van der Waals surface area contributed by atoms with Crippen molar-refractivity contribution in [3.63, 3.8) is 0 Å². The molecule has 0 fully saturated rings. The normalized spacial score (nSPS) is 10.2. The number of rotatable bonds is 3. The molecule has 0 atom stereocenters. The van der Waals surface area contributed by atoms with E-state index in [-0.39, 0.29) is 5.69 Å². The number of hydrogen-bond donors (Lipinski definition) is 0. The molecule has 5 nitrogen and oxygen atoms in total. The molecule has 0 radical (unpaired) electrons. The third kappa shape index (κ3) is 1.34. The summed E-state index contributed by atoms with van der Waals surface area (Å²) in [6, 6.07) is 0.379. The van der Waals surface area contributed by atoms with Crippen molar-refractivity contribution in [2.24, 2.45) is 7.05 Å². The predicted octanol–water partition coefficient (Wildman–Crippen LogP) is 0.000400. The van der Waals surface area contributed by atoms with Gasteiger partial charge < -0.3 is 4.74 Å². The Morgan fingerprint density at radius 1 is 1.50 bits per heavy atom. The van der Waals surface area contributed by atoms with Gasteiger partial charge in [-0.25, -0.2) is 14.0 Å². The Morgan fingerprint density at radius 3 is 2.58 bits per heavy atom. The molecule has 0 aliphatic rings. The van der Waals surface area contributed by atoms with E-state index in [0.717, 1.165) is 0 Å². The van der Waals surface area contributed by atoms with Crippen LogP contribution in [0.4, 0.5) is 0 Å². The summed E-state index contributed by atoms with van der Waals surface area (Å²) in [7, 11) is 1.65. The van der Waals surface area contributed by atoms with Gasteiger partial charge in [-0.1, -0.05) is 0 Å². The molecule has 0 aromatic carbocycles. The van der Waals surface area contributed by atoms with Crippen LogP contribution in [0.2, 0.25) is 0 Å². The van der Waals surface area contributed by atoms with E-state index >= 15 is 0 Å². The van der Waals surface area contributed by atoms with E-state index in [1.807, 2.05) is 13.8 Å². The molecule has 68 valence electrons. The monoisotopic (exact) mass is 171 g/mol. The Labute approximate surface area is 70.6 Å². The van der Waals surface area contributed by atoms with Crippen LogP contribution in [-0.4, -0.2) is 21.0 Å². The van der Waals surface area contributed by atoms with Gasteiger partial charge in [0.1, 0.15) is 0 Å². The first-order valence-corrected chi connectivity index (χ1v) is 3.97. The van der Waals surface area contributed by atoms with E-state index in [1.165, 1.54) is 9.25 Å². The molecule has 0 saturated carbocycles. The second-order valence-electron chi connectivity index (χ2n) is 2.37. The van der Waals surface area contributed by atoms with Crippen molar-refractivity contribution in [3.8, 4) is 6.01 Å². The molecular formula is C7H13N3O2. The predicted molar refractivity (Wildman–Crippen MR) is 44.3 cm³/mol. The minimum Gasteiger partial charge on any atom is -0.464 e. The first-order valence-electron chi connectivity index (χ1n) is 3.97. The second kappa shape index (κ2) is 3.42. The van der Waals surface area contributed by atoms with Crippen molar-refractivity contribution < 1.29 is 4.74 Å². The lowest BCUT2D eigenvalue weighted by Gasteiger charge is -1.97. The minimum absolute atomic E-state index is 0.138. The number of hydrogen-bond acceptors (Lipinski definition) is 3. The van der Waals surface area contributed by atoms with Gasteiger partial charge in [-0.15, -0.1) is 5.10 Å². The Hall–Kier alpha value is -1.26. The lowest BCUT2D eigenvalue weighted by molar-refractivity contribution is 0.298. The van der Waals surface area contributed by atoms with Crippen LogP contribution in [0, 0.1) is 0 Å². The van der Waals surface area contributed by atoms with Crippen LogP contribution >= 0.6 is 0 Å². The molecule has 1 aromatic heterocycles. The molecular weight excluding hydrogens is 158 g/mol. The van der Waals surface area contributed by atoms with Gasteiger partial charge >= 0.3 is 11.7 Å². The summed E-state index contributed by atoms with van der Waals surface area (Å²) in [5.74, 6) is 0. The Morgan fingerprint density at radius 2 is 2.17 bits per heavy atom. The van der Waals surface area contributed by atoms with Gasteiger partial charge in [-0.2, -0.15) is 0 Å². The van der Waals surface area contributed by atoms with Crippen molar-refractivity contribution in [2.75, 3.05) is 6.61 Å². The number of ether oxygens (including phenoxy) is 1. The third-order valence-corrected chi connectivity index (χ3v) is 1.57. The van der Waals surface area contributed by atoms with Crippen molar-refractivity contribution >= 4 is 0 Å². The van der Waals surface area contributed by atoms with E-state index in [9.17, 15) is 4.79 Å². The molecule has 0 unspecified atom stereocenters. The molecule has 0 spiro atoms. The fourth-order valence-corrected chi connectivity index (χ4v) is 0.929. The summed E-state index contributed by atoms with van der Waals surface area (Å²) >= 11 is 0. The largest absolute Gasteiger partial charge is 0.464 e. The van der Waals surface area contributed by atoms with Gasteiger partial charge in [0, 0.05) is 13.6 Å². The summed E-state index contributed by atoms with van der Waals surface area (Å²) < 4.78 is 7.89. The second-order valence-corrected chi connectivity index (χ2v) is 2.37. The average molecular weight is 171 g/mol. The van der Waals surface area contributed by atoms with E-state index in [0.29, 0.717) is 19.2 Å². The Balaban J connectivity index is 3.07. The van der Waals surface area contributed by atoms with Crippen molar-refractivity contribution in [1.29, 1.82) is 0 Å². The standard InChI is InChI=1S/C7H13N3O2/c1-4-10-7(11)9(3)6(8-10)12-5-2/h4-5H2,1-3H3. The van der Waals surface area contributed by atoms with E-state index < -0.39 is 0 Å². The summed E-state index contributed by atoms with van der Waals surface area (Å²) in [6.45, 7) is 4.81. The SMILES string of the molecule is CCOc1nn(CC)c(=O)n1C. The van der Waals surface area contributed by atoms with Crippen LogP contribution in [0.5, 0.6) is 6.01 Å². The lowest BCUT2D eigenvalue weighted by Crippen LogP contribution is -2.22. The first-order chi connectivity index (χ1) is 5.70. The van der Waals surface area contributed by atoms with Crippen LogP contribution < -0.4 is 10.4 Å². The fourth-order valence-electron chi connectivity index (χ4n) is 0.929. The molecule has 1 heterocycles. The fraction of sp³-hybridized carbons (Fsp3) is 0.714. The topological polar surface area (TPSA) is 49.1 Å². The van der Waals surface area contributed by atoms with Gasteiger partial charge in [-0.05, 0) is 13.8 Å². The lowest BCUT2D eigenvalue weighted by atomic mass is 10.8. The van der Waals surface area contributed by atoms with Gasteiger partial charge in [0.15, 0.2) is 0 Å². The van der Waals surface area contributed by atoms with Gasteiger partial charge in [0.05, 0.1) is 6.61 Å². The Bertz CT molecular complexity index is 313. The zero-order valence-electron chi connectivity index (χ0n) is 7.57. The summed E-state index contributed by atoms with van der Waals surface area (Å²) in [5.41, 5.74) is -0.138. The molecule has 0 amide bonds. The van der Waals surface area contributed by atoms with Gasteiger partial charge in [0.2, 0.25) is 0 Å². The maximum absolute atomic E-state index is 11.3. The highest BCUT2D eigenvalue weighted by Crippen LogP contribution is 1.99. The minimum atomic E-state index is -0.138. The zero-order chi connectivity index (χ0) is 9.14. The highest BCUT2D eigenvalue weighted by Gasteiger charge is 2.08. The smallest absolute Gasteiger partial charge is 0.348 e. The molecule has 0 aliphatic carbocycles. The maximum atomic E-state index is 11.3. The van der Waals surface area contributed by atoms with Crippen LogP contribution in [0.1, 0.15) is 13.8 Å². The van der Waals surface area contributed by atoms with Crippen LogP contribution in [0.25, 0.3) is 0 Å². The van der Waals surface area contributed by atoms with E-state index in [2.05, 4.69) is 5.10 Å². The Kier molecular flexibility index (Phi) is 2.52. The number of aryl methyl sites for hydroxylation is 1. The quantitative estimate of drug-likeness (QED) is 0.643. The molecule has 1 aromatic rings. The zero-order valence-corrected chi connectivity index (χ0v) is 7.57. The molecule has 5 heteroatoms.